The molecule has 1 fully saturated rings. The first-order valence-corrected chi connectivity index (χ1v) is 8.19. The molecule has 0 bridgehead atoms. The highest BCUT2D eigenvalue weighted by atomic mass is 16.5. The van der Waals surface area contributed by atoms with Crippen molar-refractivity contribution >= 4 is 0 Å². The molecule has 20 heavy (non-hydrogen) atoms. The number of hydrogen-bond donors (Lipinski definition) is 1. The summed E-state index contributed by atoms with van der Waals surface area (Å²) in [5.74, 6) is 0.453. The summed E-state index contributed by atoms with van der Waals surface area (Å²) in [5, 5.41) is 3.69. The molecule has 1 aliphatic rings. The van der Waals surface area contributed by atoms with Crippen molar-refractivity contribution < 1.29 is 9.47 Å². The lowest BCUT2D eigenvalue weighted by molar-refractivity contribution is -0.107. The van der Waals surface area contributed by atoms with Crippen LogP contribution < -0.4 is 5.32 Å². The van der Waals surface area contributed by atoms with Crippen molar-refractivity contribution in [1.29, 1.82) is 0 Å². The van der Waals surface area contributed by atoms with Crippen LogP contribution in [-0.2, 0) is 9.47 Å². The average molecular weight is 285 g/mol. The van der Waals surface area contributed by atoms with Crippen molar-refractivity contribution in [3.05, 3.63) is 0 Å². The van der Waals surface area contributed by atoms with E-state index in [-0.39, 0.29) is 16.8 Å². The highest BCUT2D eigenvalue weighted by molar-refractivity contribution is 5.05. The number of ether oxygens (including phenoxy) is 2. The first-order valence-electron chi connectivity index (χ1n) is 8.19. The van der Waals surface area contributed by atoms with E-state index >= 15 is 0 Å². The standard InChI is InChI=1S/C17H35NO2/c1-9-17(8,19-11-3)14(18-10-2)13-12-15(4,5)20-16(13,6)7/h13-14,18H,9-12H2,1-8H3. The maximum absolute atomic E-state index is 6.30. The van der Waals surface area contributed by atoms with E-state index in [1.165, 1.54) is 0 Å². The van der Waals surface area contributed by atoms with Crippen molar-refractivity contribution in [3.63, 3.8) is 0 Å². The second-order valence-electron chi connectivity index (χ2n) is 7.41. The number of hydrogen-bond acceptors (Lipinski definition) is 3. The molecule has 3 nitrogen and oxygen atoms in total. The third-order valence-electron chi connectivity index (χ3n) is 4.80. The van der Waals surface area contributed by atoms with Gasteiger partial charge in [0.25, 0.3) is 0 Å². The van der Waals surface area contributed by atoms with Crippen molar-refractivity contribution in [2.75, 3.05) is 13.2 Å². The van der Waals surface area contributed by atoms with E-state index in [0.717, 1.165) is 26.0 Å². The lowest BCUT2D eigenvalue weighted by atomic mass is 9.74. The summed E-state index contributed by atoms with van der Waals surface area (Å²) in [5.41, 5.74) is -0.316. The van der Waals surface area contributed by atoms with Crippen LogP contribution in [0.5, 0.6) is 0 Å². The van der Waals surface area contributed by atoms with E-state index in [0.29, 0.717) is 12.0 Å². The molecular formula is C17H35NO2. The Hall–Kier alpha value is -0.120. The Balaban J connectivity index is 3.07. The summed E-state index contributed by atoms with van der Waals surface area (Å²) >= 11 is 0. The van der Waals surface area contributed by atoms with Gasteiger partial charge in [-0.1, -0.05) is 13.8 Å². The molecule has 0 spiro atoms. The summed E-state index contributed by atoms with van der Waals surface area (Å²) in [6, 6.07) is 0.314. The topological polar surface area (TPSA) is 30.5 Å². The molecule has 0 aromatic heterocycles. The summed E-state index contributed by atoms with van der Waals surface area (Å²) in [6.45, 7) is 19.3. The fourth-order valence-electron chi connectivity index (χ4n) is 3.87. The van der Waals surface area contributed by atoms with Gasteiger partial charge in [0, 0.05) is 18.6 Å². The quantitative estimate of drug-likeness (QED) is 0.772. The van der Waals surface area contributed by atoms with Gasteiger partial charge in [-0.05, 0) is 60.9 Å². The van der Waals surface area contributed by atoms with E-state index in [1.54, 1.807) is 0 Å². The second-order valence-corrected chi connectivity index (χ2v) is 7.41. The Bertz CT molecular complexity index is 314. The van der Waals surface area contributed by atoms with Gasteiger partial charge in [-0.15, -0.1) is 0 Å². The molecule has 0 amide bonds. The third kappa shape index (κ3) is 3.75. The van der Waals surface area contributed by atoms with Gasteiger partial charge in [0.15, 0.2) is 0 Å². The minimum Gasteiger partial charge on any atom is -0.374 e. The molecule has 0 aromatic rings. The Morgan fingerprint density at radius 1 is 1.25 bits per heavy atom. The minimum atomic E-state index is -0.142. The molecule has 1 aliphatic heterocycles. The normalized spacial score (nSPS) is 29.1. The van der Waals surface area contributed by atoms with E-state index < -0.39 is 0 Å². The highest BCUT2D eigenvalue weighted by Crippen LogP contribution is 2.46. The Morgan fingerprint density at radius 3 is 2.20 bits per heavy atom. The van der Waals surface area contributed by atoms with Crippen molar-refractivity contribution in [3.8, 4) is 0 Å². The molecule has 1 rings (SSSR count). The first-order chi connectivity index (χ1) is 9.12. The van der Waals surface area contributed by atoms with Gasteiger partial charge in [-0.2, -0.15) is 0 Å². The monoisotopic (exact) mass is 285 g/mol. The van der Waals surface area contributed by atoms with Crippen LogP contribution in [0.4, 0.5) is 0 Å². The average Bonchev–Trinajstić information content (AvgIpc) is 2.54. The van der Waals surface area contributed by atoms with Crippen LogP contribution in [-0.4, -0.2) is 36.0 Å². The highest BCUT2D eigenvalue weighted by Gasteiger charge is 2.53. The zero-order valence-corrected chi connectivity index (χ0v) is 14.8. The minimum absolute atomic E-state index is 0.0529. The predicted octanol–water partition coefficient (Wildman–Crippen LogP) is 3.76. The molecule has 0 saturated carbocycles. The van der Waals surface area contributed by atoms with Crippen LogP contribution in [0.25, 0.3) is 0 Å². The Labute approximate surface area is 125 Å². The van der Waals surface area contributed by atoms with Crippen LogP contribution in [0.3, 0.4) is 0 Å². The van der Waals surface area contributed by atoms with Gasteiger partial charge in [-0.25, -0.2) is 0 Å². The predicted molar refractivity (Wildman–Crippen MR) is 85.1 cm³/mol. The SMILES string of the molecule is CCNC(C1CC(C)(C)OC1(C)C)C(C)(CC)OCC. The molecule has 0 aliphatic carbocycles. The largest absolute Gasteiger partial charge is 0.374 e. The third-order valence-corrected chi connectivity index (χ3v) is 4.80. The molecule has 1 N–H and O–H groups in total. The van der Waals surface area contributed by atoms with Crippen molar-refractivity contribution in [2.24, 2.45) is 5.92 Å². The zero-order valence-electron chi connectivity index (χ0n) is 14.8. The van der Waals surface area contributed by atoms with E-state index in [4.69, 9.17) is 9.47 Å². The van der Waals surface area contributed by atoms with Gasteiger partial charge in [0.1, 0.15) is 0 Å². The lowest BCUT2D eigenvalue weighted by Crippen LogP contribution is -2.58. The molecule has 120 valence electrons. The van der Waals surface area contributed by atoms with Crippen LogP contribution in [0.2, 0.25) is 0 Å². The molecule has 1 heterocycles. The Morgan fingerprint density at radius 2 is 1.85 bits per heavy atom. The molecule has 0 radical (unpaired) electrons. The van der Waals surface area contributed by atoms with Crippen LogP contribution in [0, 0.1) is 5.92 Å². The summed E-state index contributed by atoms with van der Waals surface area (Å²) in [7, 11) is 0. The summed E-state index contributed by atoms with van der Waals surface area (Å²) in [4.78, 5) is 0. The maximum Gasteiger partial charge on any atom is 0.0807 e. The number of likely N-dealkylation sites (N-methyl/N-ethyl adjacent to an activating group) is 1. The molecule has 3 unspecified atom stereocenters. The molecule has 1 saturated heterocycles. The Kier molecular flexibility index (Phi) is 5.67. The smallest absolute Gasteiger partial charge is 0.0807 e. The zero-order chi connectivity index (χ0) is 15.6. The molecule has 3 heteroatoms. The fourth-order valence-corrected chi connectivity index (χ4v) is 3.87. The summed E-state index contributed by atoms with van der Waals surface area (Å²) in [6.07, 6.45) is 2.08. The maximum atomic E-state index is 6.30. The van der Waals surface area contributed by atoms with Gasteiger partial charge >= 0.3 is 0 Å². The van der Waals surface area contributed by atoms with Crippen LogP contribution in [0.15, 0.2) is 0 Å². The van der Waals surface area contributed by atoms with Gasteiger partial charge in [0.2, 0.25) is 0 Å². The second kappa shape index (κ2) is 6.33. The molecule has 0 aromatic carbocycles. The fraction of sp³-hybridized carbons (Fsp3) is 1.00. The van der Waals surface area contributed by atoms with Gasteiger partial charge in [-0.3, -0.25) is 0 Å². The summed E-state index contributed by atoms with van der Waals surface area (Å²) < 4.78 is 12.4. The lowest BCUT2D eigenvalue weighted by Gasteiger charge is -2.44. The van der Waals surface area contributed by atoms with E-state index in [2.05, 4.69) is 60.7 Å². The van der Waals surface area contributed by atoms with Crippen molar-refractivity contribution in [1.82, 2.24) is 5.32 Å². The first kappa shape index (κ1) is 17.9. The molecular weight excluding hydrogens is 250 g/mol. The van der Waals surface area contributed by atoms with Gasteiger partial charge in [0.05, 0.1) is 16.8 Å². The van der Waals surface area contributed by atoms with Crippen molar-refractivity contribution in [2.45, 2.75) is 91.1 Å². The number of nitrogens with one attached hydrogen (secondary N) is 1. The molecule has 3 atom stereocenters. The van der Waals surface area contributed by atoms with Crippen LogP contribution >= 0.6 is 0 Å². The number of rotatable bonds is 7. The van der Waals surface area contributed by atoms with Gasteiger partial charge < -0.3 is 14.8 Å². The van der Waals surface area contributed by atoms with E-state index in [9.17, 15) is 0 Å². The van der Waals surface area contributed by atoms with Crippen LogP contribution in [0.1, 0.15) is 68.2 Å². The van der Waals surface area contributed by atoms with E-state index in [1.807, 2.05) is 0 Å².